The van der Waals surface area contributed by atoms with E-state index in [2.05, 4.69) is 44.7 Å². The van der Waals surface area contributed by atoms with Gasteiger partial charge in [0, 0.05) is 61.1 Å². The Kier molecular flexibility index (Phi) is 9.02. The number of rotatable bonds is 8. The molecular formula is C42H47N7O4S. The summed E-state index contributed by atoms with van der Waals surface area (Å²) in [5.41, 5.74) is 5.12. The van der Waals surface area contributed by atoms with Crippen molar-refractivity contribution in [1.29, 1.82) is 0 Å². The van der Waals surface area contributed by atoms with Gasteiger partial charge < -0.3 is 14.7 Å². The predicted molar refractivity (Wildman–Crippen MR) is 210 cm³/mol. The standard InChI is InChI=1S/C42H47N7O4S/c1-27-18-41(19-28(2)21-42(20-27,25-41)48-14-16-53-17-15-48)26-49-23-30(22-43-49)31-10-11-36(45-37(31)39(51)52)47-13-12-29-6-5-7-32(33(29)24-47)38(50)46-40-44-34-8-3-4-9-35(34)54-40/h3-11,22-23,27-28H,12-21,24-26H2,1-2H3,(H,51,52)(H,44,46,50). The molecule has 3 fully saturated rings. The third-order valence-electron chi connectivity index (χ3n) is 12.3. The number of fused-ring (bicyclic) bond motifs is 4. The lowest BCUT2D eigenvalue weighted by molar-refractivity contribution is -0.118. The Hall–Kier alpha value is -4.65. The summed E-state index contributed by atoms with van der Waals surface area (Å²) >= 11 is 1.45. The Bertz CT molecular complexity index is 2180. The first-order valence-electron chi connectivity index (χ1n) is 19.3. The van der Waals surface area contributed by atoms with Crippen LogP contribution >= 0.6 is 11.3 Å². The number of carboxylic acids is 1. The number of amides is 1. The molecule has 5 aromatic rings. The number of aromatic carboxylic acids is 1. The molecule has 1 saturated heterocycles. The summed E-state index contributed by atoms with van der Waals surface area (Å²) in [6, 6.07) is 17.4. The smallest absolute Gasteiger partial charge is 0.355 e. The van der Waals surface area contributed by atoms with Crippen LogP contribution in [-0.2, 0) is 24.2 Å². The van der Waals surface area contributed by atoms with Crippen molar-refractivity contribution in [3.8, 4) is 11.1 Å². The van der Waals surface area contributed by atoms with Gasteiger partial charge >= 0.3 is 5.97 Å². The summed E-state index contributed by atoms with van der Waals surface area (Å²) in [5.74, 6) is 0.539. The molecule has 280 valence electrons. The molecule has 11 nitrogen and oxygen atoms in total. The number of hydrogen-bond donors (Lipinski definition) is 2. The number of nitrogens with one attached hydrogen (secondary N) is 1. The van der Waals surface area contributed by atoms with Gasteiger partial charge in [-0.05, 0) is 97.2 Å². The Balaban J connectivity index is 0.945. The van der Waals surface area contributed by atoms with Gasteiger partial charge in [-0.25, -0.2) is 14.8 Å². The van der Waals surface area contributed by atoms with Crippen molar-refractivity contribution in [2.45, 2.75) is 71.0 Å². The summed E-state index contributed by atoms with van der Waals surface area (Å²) in [6.45, 7) is 10.4. The van der Waals surface area contributed by atoms with E-state index in [-0.39, 0.29) is 22.6 Å². The maximum atomic E-state index is 13.6. The first-order chi connectivity index (χ1) is 26.2. The van der Waals surface area contributed by atoms with Crippen LogP contribution in [0.5, 0.6) is 0 Å². The van der Waals surface area contributed by atoms with Crippen molar-refractivity contribution in [2.75, 3.05) is 43.1 Å². The summed E-state index contributed by atoms with van der Waals surface area (Å²) in [7, 11) is 0. The van der Waals surface area contributed by atoms with Crippen molar-refractivity contribution < 1.29 is 19.4 Å². The Morgan fingerprint density at radius 1 is 0.963 bits per heavy atom. The quantitative estimate of drug-likeness (QED) is 0.167. The molecule has 2 aliphatic heterocycles. The molecule has 9 rings (SSSR count). The van der Waals surface area contributed by atoms with E-state index >= 15 is 0 Å². The molecule has 4 aliphatic rings. The Labute approximate surface area is 319 Å². The second-order valence-corrected chi connectivity index (χ2v) is 17.4. The summed E-state index contributed by atoms with van der Waals surface area (Å²) in [5, 5.41) is 18.8. The van der Waals surface area contributed by atoms with E-state index < -0.39 is 5.97 Å². The van der Waals surface area contributed by atoms with E-state index in [0.717, 1.165) is 59.8 Å². The monoisotopic (exact) mass is 745 g/mol. The van der Waals surface area contributed by atoms with Gasteiger partial charge in [0.05, 0.1) is 29.6 Å². The zero-order valence-electron chi connectivity index (χ0n) is 31.0. The molecule has 12 heteroatoms. The van der Waals surface area contributed by atoms with E-state index in [9.17, 15) is 14.7 Å². The van der Waals surface area contributed by atoms with Crippen LogP contribution in [-0.4, -0.2) is 80.0 Å². The predicted octanol–water partition coefficient (Wildman–Crippen LogP) is 7.38. The minimum atomic E-state index is -1.08. The second kappa shape index (κ2) is 13.9. The molecule has 3 aromatic heterocycles. The van der Waals surface area contributed by atoms with Gasteiger partial charge in [-0.1, -0.05) is 49.4 Å². The van der Waals surface area contributed by atoms with Crippen LogP contribution in [0.1, 0.15) is 77.9 Å². The number of hydrogen-bond acceptors (Lipinski definition) is 9. The lowest BCUT2D eigenvalue weighted by Crippen LogP contribution is -2.62. The molecule has 2 aromatic carbocycles. The van der Waals surface area contributed by atoms with Gasteiger partial charge in [0.2, 0.25) is 0 Å². The number of ether oxygens (including phenoxy) is 1. The topological polar surface area (TPSA) is 126 Å². The highest BCUT2D eigenvalue weighted by molar-refractivity contribution is 7.22. The average molecular weight is 746 g/mol. The van der Waals surface area contributed by atoms with Gasteiger partial charge in [0.25, 0.3) is 5.91 Å². The zero-order chi connectivity index (χ0) is 37.0. The highest BCUT2D eigenvalue weighted by Crippen LogP contribution is 2.57. The zero-order valence-corrected chi connectivity index (χ0v) is 31.8. The number of aromatic nitrogens is 4. The minimum Gasteiger partial charge on any atom is -0.476 e. The van der Waals surface area contributed by atoms with Crippen LogP contribution in [0.25, 0.3) is 21.3 Å². The second-order valence-electron chi connectivity index (χ2n) is 16.4. The largest absolute Gasteiger partial charge is 0.476 e. The maximum absolute atomic E-state index is 13.6. The first-order valence-corrected chi connectivity index (χ1v) is 20.1. The molecule has 2 bridgehead atoms. The third kappa shape index (κ3) is 6.58. The van der Waals surface area contributed by atoms with Crippen LogP contribution in [0.2, 0.25) is 0 Å². The fourth-order valence-corrected chi connectivity index (χ4v) is 11.6. The number of anilines is 2. The highest BCUT2D eigenvalue weighted by Gasteiger charge is 2.54. The molecule has 0 radical (unpaired) electrons. The molecule has 2 saturated carbocycles. The van der Waals surface area contributed by atoms with Crippen molar-refractivity contribution in [2.24, 2.45) is 17.3 Å². The van der Waals surface area contributed by atoms with E-state index in [1.165, 1.54) is 43.4 Å². The van der Waals surface area contributed by atoms with Crippen LogP contribution in [0.15, 0.2) is 67.0 Å². The number of nitrogens with zero attached hydrogens (tertiary/aromatic N) is 6. The molecule has 0 spiro atoms. The lowest BCUT2D eigenvalue weighted by Gasteiger charge is -2.60. The SMILES string of the molecule is CC1CC2(Cn3cc(-c4ccc(N5CCc6cccc(C(=O)Nc7nc8ccccc8s7)c6C5)nc4C(=O)O)cn3)CC(C)CC(N3CCOCC3)(C1)C2. The number of benzene rings is 2. The lowest BCUT2D eigenvalue weighted by atomic mass is 9.53. The van der Waals surface area contributed by atoms with E-state index in [4.69, 9.17) is 14.8 Å². The normalized spacial score (nSPS) is 25.7. The van der Waals surface area contributed by atoms with E-state index in [1.54, 1.807) is 6.20 Å². The number of thiazole rings is 1. The third-order valence-corrected chi connectivity index (χ3v) is 13.2. The molecule has 2 N–H and O–H groups in total. The number of para-hydroxylation sites is 1. The number of carboxylic acid groups (broad SMARTS) is 1. The molecule has 5 heterocycles. The van der Waals surface area contributed by atoms with Gasteiger partial charge in [-0.15, -0.1) is 0 Å². The number of morpholine rings is 1. The van der Waals surface area contributed by atoms with Gasteiger partial charge in [-0.2, -0.15) is 5.10 Å². The van der Waals surface area contributed by atoms with Crippen molar-refractivity contribution >= 4 is 44.4 Å². The van der Waals surface area contributed by atoms with Crippen molar-refractivity contribution in [3.05, 3.63) is 89.4 Å². The molecule has 2 unspecified atom stereocenters. The van der Waals surface area contributed by atoms with E-state index in [1.807, 2.05) is 54.7 Å². The van der Waals surface area contributed by atoms with Crippen molar-refractivity contribution in [3.63, 3.8) is 0 Å². The van der Waals surface area contributed by atoms with Gasteiger partial charge in [0.1, 0.15) is 5.82 Å². The number of carbonyl (C=O) groups excluding carboxylic acids is 1. The van der Waals surface area contributed by atoms with Gasteiger partial charge in [-0.3, -0.25) is 19.7 Å². The molecule has 2 aliphatic carbocycles. The minimum absolute atomic E-state index is 0.00165. The van der Waals surface area contributed by atoms with Crippen molar-refractivity contribution in [1.82, 2.24) is 24.6 Å². The molecule has 54 heavy (non-hydrogen) atoms. The fourth-order valence-electron chi connectivity index (χ4n) is 10.7. The Morgan fingerprint density at radius 2 is 1.76 bits per heavy atom. The number of carbonyl (C=O) groups is 2. The van der Waals surface area contributed by atoms with Crippen LogP contribution < -0.4 is 10.2 Å². The summed E-state index contributed by atoms with van der Waals surface area (Å²) in [4.78, 5) is 40.4. The highest BCUT2D eigenvalue weighted by atomic mass is 32.1. The molecular weight excluding hydrogens is 699 g/mol. The average Bonchev–Trinajstić information content (AvgIpc) is 3.80. The van der Waals surface area contributed by atoms with Crippen LogP contribution in [0, 0.1) is 17.3 Å². The van der Waals surface area contributed by atoms with Gasteiger partial charge in [0.15, 0.2) is 10.8 Å². The fraction of sp³-hybridized carbons (Fsp3) is 0.452. The summed E-state index contributed by atoms with van der Waals surface area (Å²) < 4.78 is 8.81. The molecule has 2 atom stereocenters. The maximum Gasteiger partial charge on any atom is 0.355 e. The Morgan fingerprint density at radius 3 is 2.54 bits per heavy atom. The summed E-state index contributed by atoms with van der Waals surface area (Å²) in [6.07, 6.45) is 10.5. The number of pyridine rings is 1. The first kappa shape index (κ1) is 35.1. The van der Waals surface area contributed by atoms with Crippen LogP contribution in [0.3, 0.4) is 0 Å². The molecule has 1 amide bonds. The van der Waals surface area contributed by atoms with E-state index in [0.29, 0.717) is 53.4 Å². The van der Waals surface area contributed by atoms with Crippen LogP contribution in [0.4, 0.5) is 10.9 Å².